The van der Waals surface area contributed by atoms with Gasteiger partial charge in [0, 0.05) is 42.7 Å². The highest BCUT2D eigenvalue weighted by molar-refractivity contribution is 6.19. The molecular formula is C23H21F2N3O5. The van der Waals surface area contributed by atoms with E-state index in [0.29, 0.717) is 5.70 Å². The number of amides is 3. The molecule has 10 heteroatoms. The minimum absolute atomic E-state index is 0.0543. The van der Waals surface area contributed by atoms with Gasteiger partial charge in [-0.05, 0) is 36.8 Å². The van der Waals surface area contributed by atoms with Crippen LogP contribution in [-0.2, 0) is 14.4 Å². The van der Waals surface area contributed by atoms with Crippen molar-refractivity contribution in [3.8, 4) is 11.1 Å². The number of carbonyl (C=O) groups excluding carboxylic acids is 3. The van der Waals surface area contributed by atoms with Crippen LogP contribution in [0.1, 0.15) is 13.3 Å². The Kier molecular flexibility index (Phi) is 6.86. The average Bonchev–Trinajstić information content (AvgIpc) is 2.75. The first-order valence-corrected chi connectivity index (χ1v) is 9.94. The molecule has 0 saturated carbocycles. The van der Waals surface area contributed by atoms with Crippen LogP contribution in [-0.4, -0.2) is 53.3 Å². The molecule has 0 bridgehead atoms. The zero-order valence-electron chi connectivity index (χ0n) is 17.8. The molecule has 0 spiro atoms. The molecule has 3 amide bonds. The number of allylic oxidation sites excluding steroid dienone is 1. The lowest BCUT2D eigenvalue weighted by Crippen LogP contribution is -2.58. The van der Waals surface area contributed by atoms with Crippen LogP contribution >= 0.6 is 0 Å². The van der Waals surface area contributed by atoms with Crippen LogP contribution in [0.15, 0.2) is 54.2 Å². The van der Waals surface area contributed by atoms with Gasteiger partial charge in [0.1, 0.15) is 11.6 Å². The lowest BCUT2D eigenvalue weighted by atomic mass is 10.0. The SMILES string of the molecule is CC1=CC(=O)[C@H](N(C(=O)NCCC(=O)O)c2cccc(-c3ccc(F)cc3F)c2)C(=O)N1C. The molecule has 0 saturated heterocycles. The van der Waals surface area contributed by atoms with Gasteiger partial charge in [0.25, 0.3) is 5.91 Å². The first kappa shape index (κ1) is 23.6. The summed E-state index contributed by atoms with van der Waals surface area (Å²) in [5.74, 6) is -4.02. The van der Waals surface area contributed by atoms with Crippen molar-refractivity contribution >= 4 is 29.4 Å². The topological polar surface area (TPSA) is 107 Å². The largest absolute Gasteiger partial charge is 0.481 e. The van der Waals surface area contributed by atoms with Gasteiger partial charge < -0.3 is 15.3 Å². The Morgan fingerprint density at radius 2 is 1.88 bits per heavy atom. The molecule has 1 aliphatic rings. The van der Waals surface area contributed by atoms with Crippen molar-refractivity contribution in [2.24, 2.45) is 0 Å². The van der Waals surface area contributed by atoms with Gasteiger partial charge >= 0.3 is 12.0 Å². The summed E-state index contributed by atoms with van der Waals surface area (Å²) in [4.78, 5) is 51.7. The van der Waals surface area contributed by atoms with E-state index in [9.17, 15) is 28.0 Å². The van der Waals surface area contributed by atoms with Crippen molar-refractivity contribution in [3.63, 3.8) is 0 Å². The molecule has 2 aromatic rings. The highest BCUT2D eigenvalue weighted by Gasteiger charge is 2.41. The first-order chi connectivity index (χ1) is 15.6. The average molecular weight is 457 g/mol. The second-order valence-electron chi connectivity index (χ2n) is 7.41. The summed E-state index contributed by atoms with van der Waals surface area (Å²) in [6.07, 6.45) is 0.860. The van der Waals surface area contributed by atoms with Crippen LogP contribution in [0.2, 0.25) is 0 Å². The van der Waals surface area contributed by atoms with E-state index < -0.39 is 41.4 Å². The summed E-state index contributed by atoms with van der Waals surface area (Å²) in [5, 5.41) is 11.2. The summed E-state index contributed by atoms with van der Waals surface area (Å²) >= 11 is 0. The lowest BCUT2D eigenvalue weighted by molar-refractivity contribution is -0.137. The van der Waals surface area contributed by atoms with Gasteiger partial charge in [-0.2, -0.15) is 0 Å². The van der Waals surface area contributed by atoms with Gasteiger partial charge in [0.15, 0.2) is 11.8 Å². The number of urea groups is 1. The number of aliphatic carboxylic acids is 1. The Hall–Kier alpha value is -4.08. The number of nitrogens with zero attached hydrogens (tertiary/aromatic N) is 2. The van der Waals surface area contributed by atoms with Gasteiger partial charge in [0.05, 0.1) is 6.42 Å². The maximum Gasteiger partial charge on any atom is 0.323 e. The lowest BCUT2D eigenvalue weighted by Gasteiger charge is -2.35. The summed E-state index contributed by atoms with van der Waals surface area (Å²) < 4.78 is 27.7. The maximum absolute atomic E-state index is 14.3. The third-order valence-electron chi connectivity index (χ3n) is 5.17. The highest BCUT2D eigenvalue weighted by atomic mass is 19.1. The number of nitrogens with one attached hydrogen (secondary N) is 1. The molecule has 8 nitrogen and oxygen atoms in total. The number of carboxylic acid groups (broad SMARTS) is 1. The number of anilines is 1. The molecule has 1 heterocycles. The molecule has 2 aromatic carbocycles. The van der Waals surface area contributed by atoms with Crippen molar-refractivity contribution < 1.29 is 33.1 Å². The third-order valence-corrected chi connectivity index (χ3v) is 5.17. The molecule has 3 rings (SSSR count). The Morgan fingerprint density at radius 1 is 1.15 bits per heavy atom. The second-order valence-corrected chi connectivity index (χ2v) is 7.41. The molecule has 33 heavy (non-hydrogen) atoms. The van der Waals surface area contributed by atoms with E-state index in [1.54, 1.807) is 6.92 Å². The monoisotopic (exact) mass is 457 g/mol. The van der Waals surface area contributed by atoms with E-state index in [4.69, 9.17) is 5.11 Å². The smallest absolute Gasteiger partial charge is 0.323 e. The fourth-order valence-electron chi connectivity index (χ4n) is 3.39. The normalized spacial score (nSPS) is 15.8. The summed E-state index contributed by atoms with van der Waals surface area (Å²) in [7, 11) is 1.46. The Morgan fingerprint density at radius 3 is 2.55 bits per heavy atom. The van der Waals surface area contributed by atoms with E-state index in [1.807, 2.05) is 0 Å². The standard InChI is InChI=1S/C23H21F2N3O5/c1-13-10-19(29)21(22(32)27(13)2)28(23(33)26-9-8-20(30)31)16-5-3-4-14(11-16)17-7-6-15(24)12-18(17)25/h3-7,10-12,21H,8-9H2,1-2H3,(H,26,33)(H,30,31)/t21-/m0/s1. The molecule has 172 valence electrons. The first-order valence-electron chi connectivity index (χ1n) is 9.94. The molecule has 0 fully saturated rings. The zero-order valence-corrected chi connectivity index (χ0v) is 17.8. The molecular weight excluding hydrogens is 436 g/mol. The summed E-state index contributed by atoms with van der Waals surface area (Å²) in [6, 6.07) is 6.48. The molecule has 1 atom stereocenters. The summed E-state index contributed by atoms with van der Waals surface area (Å²) in [6.45, 7) is 1.33. The van der Waals surface area contributed by atoms with E-state index in [2.05, 4.69) is 5.32 Å². The van der Waals surface area contributed by atoms with Crippen molar-refractivity contribution in [1.29, 1.82) is 0 Å². The number of halogens is 2. The van der Waals surface area contributed by atoms with E-state index in [-0.39, 0.29) is 29.8 Å². The predicted molar refractivity (Wildman–Crippen MR) is 115 cm³/mol. The Labute approximate surface area is 188 Å². The molecule has 0 unspecified atom stereocenters. The predicted octanol–water partition coefficient (Wildman–Crippen LogP) is 2.94. The van der Waals surface area contributed by atoms with Crippen molar-refractivity contribution in [2.45, 2.75) is 19.4 Å². The second kappa shape index (κ2) is 9.60. The maximum atomic E-state index is 14.3. The van der Waals surface area contributed by atoms with Crippen LogP contribution in [0.4, 0.5) is 19.3 Å². The zero-order chi connectivity index (χ0) is 24.3. The fraction of sp³-hybridized carbons (Fsp3) is 0.217. The van der Waals surface area contributed by atoms with Gasteiger partial charge in [0.2, 0.25) is 0 Å². The van der Waals surface area contributed by atoms with Crippen LogP contribution in [0.25, 0.3) is 11.1 Å². The van der Waals surface area contributed by atoms with E-state index in [1.165, 1.54) is 48.4 Å². The van der Waals surface area contributed by atoms with Gasteiger partial charge in [-0.25, -0.2) is 13.6 Å². The van der Waals surface area contributed by atoms with Gasteiger partial charge in [-0.15, -0.1) is 0 Å². The molecule has 0 aliphatic carbocycles. The van der Waals surface area contributed by atoms with Crippen molar-refractivity contribution in [2.75, 3.05) is 18.5 Å². The summed E-state index contributed by atoms with van der Waals surface area (Å²) in [5.41, 5.74) is 0.828. The minimum atomic E-state index is -1.54. The Bertz CT molecular complexity index is 1160. The molecule has 2 N–H and O–H groups in total. The minimum Gasteiger partial charge on any atom is -0.481 e. The van der Waals surface area contributed by atoms with Crippen LogP contribution < -0.4 is 10.2 Å². The third kappa shape index (κ3) is 5.05. The number of hydrogen-bond acceptors (Lipinski definition) is 4. The molecule has 1 aliphatic heterocycles. The molecule has 0 aromatic heterocycles. The fourth-order valence-corrected chi connectivity index (χ4v) is 3.39. The van der Waals surface area contributed by atoms with Crippen molar-refractivity contribution in [3.05, 3.63) is 65.9 Å². The van der Waals surface area contributed by atoms with Crippen LogP contribution in [0.3, 0.4) is 0 Å². The van der Waals surface area contributed by atoms with Crippen LogP contribution in [0.5, 0.6) is 0 Å². The number of hydrogen-bond donors (Lipinski definition) is 2. The number of likely N-dealkylation sites (N-methyl/N-ethyl adjacent to an activating group) is 1. The number of carboxylic acids is 1. The van der Waals surface area contributed by atoms with Crippen LogP contribution in [0, 0.1) is 11.6 Å². The van der Waals surface area contributed by atoms with Gasteiger partial charge in [-0.3, -0.25) is 19.3 Å². The number of benzene rings is 2. The number of ketones is 1. The quantitative estimate of drug-likeness (QED) is 0.649. The number of carbonyl (C=O) groups is 4. The van der Waals surface area contributed by atoms with E-state index in [0.717, 1.165) is 17.0 Å². The number of rotatable bonds is 6. The Balaban J connectivity index is 2.06. The van der Waals surface area contributed by atoms with E-state index >= 15 is 0 Å². The molecule has 0 radical (unpaired) electrons. The van der Waals surface area contributed by atoms with Crippen molar-refractivity contribution in [1.82, 2.24) is 10.2 Å². The van der Waals surface area contributed by atoms with Gasteiger partial charge in [-0.1, -0.05) is 12.1 Å². The highest BCUT2D eigenvalue weighted by Crippen LogP contribution is 2.30.